The van der Waals surface area contributed by atoms with Crippen molar-refractivity contribution in [3.8, 4) is 6.07 Å². The van der Waals surface area contributed by atoms with E-state index >= 15 is 0 Å². The quantitative estimate of drug-likeness (QED) is 0.836. The predicted octanol–water partition coefficient (Wildman–Crippen LogP) is 4.34. The second-order valence-electron chi connectivity index (χ2n) is 8.94. The van der Waals surface area contributed by atoms with Crippen molar-refractivity contribution in [2.45, 2.75) is 65.5 Å². The van der Waals surface area contributed by atoms with Crippen LogP contribution in [0.4, 0.5) is 10.6 Å². The van der Waals surface area contributed by atoms with Gasteiger partial charge in [-0.1, -0.05) is 13.8 Å². The summed E-state index contributed by atoms with van der Waals surface area (Å²) in [6, 6.07) is 5.61. The molecule has 0 aromatic carbocycles. The van der Waals surface area contributed by atoms with Crippen LogP contribution in [-0.4, -0.2) is 38.7 Å². The van der Waals surface area contributed by atoms with Gasteiger partial charge in [0.05, 0.1) is 5.56 Å². The van der Waals surface area contributed by atoms with E-state index in [1.807, 2.05) is 20.8 Å². The second-order valence-corrected chi connectivity index (χ2v) is 8.94. The zero-order valence-corrected chi connectivity index (χ0v) is 16.6. The summed E-state index contributed by atoms with van der Waals surface area (Å²) in [5, 5.41) is 22.1. The molecule has 0 aliphatic heterocycles. The molecule has 1 aromatic heterocycles. The number of carboxylic acid groups (broad SMARTS) is 1. The van der Waals surface area contributed by atoms with E-state index in [0.29, 0.717) is 11.5 Å². The summed E-state index contributed by atoms with van der Waals surface area (Å²) in [6.45, 7) is 13.0. The Bertz CT molecular complexity index is 700. The zero-order chi connectivity index (χ0) is 19.8. The van der Waals surface area contributed by atoms with Gasteiger partial charge in [0.1, 0.15) is 11.9 Å². The van der Waals surface area contributed by atoms with Crippen molar-refractivity contribution in [1.82, 2.24) is 9.88 Å². The van der Waals surface area contributed by atoms with Gasteiger partial charge < -0.3 is 10.4 Å². The standard InChI is InChI=1S/C20H30N4O2/c1-18(2,3)24(17(25)26)20(6)10-9-15(19(20,4)5)13-23-16-8-7-14(11-21)12-22-16/h7-8,12,15H,9-10,13H2,1-6H3,(H,22,23)(H,25,26)/t15-,20?/m1/s1. The van der Waals surface area contributed by atoms with Crippen LogP contribution in [0.25, 0.3) is 0 Å². The highest BCUT2D eigenvalue weighted by Crippen LogP contribution is 2.54. The highest BCUT2D eigenvalue weighted by atomic mass is 16.4. The van der Waals surface area contributed by atoms with E-state index in [1.165, 1.54) is 0 Å². The molecule has 0 bridgehead atoms. The third-order valence-electron chi connectivity index (χ3n) is 6.17. The molecule has 6 nitrogen and oxygen atoms in total. The fraction of sp³-hybridized carbons (Fsp3) is 0.650. The molecule has 26 heavy (non-hydrogen) atoms. The molecule has 1 aliphatic rings. The maximum atomic E-state index is 12.0. The summed E-state index contributed by atoms with van der Waals surface area (Å²) in [7, 11) is 0. The summed E-state index contributed by atoms with van der Waals surface area (Å²) < 4.78 is 0. The first-order valence-electron chi connectivity index (χ1n) is 9.07. The topological polar surface area (TPSA) is 89.3 Å². The van der Waals surface area contributed by atoms with Crippen LogP contribution in [0.5, 0.6) is 0 Å². The van der Waals surface area contributed by atoms with Gasteiger partial charge in [-0.05, 0) is 64.0 Å². The van der Waals surface area contributed by atoms with E-state index in [-0.39, 0.29) is 5.41 Å². The molecule has 2 rings (SSSR count). The first kappa shape index (κ1) is 20.0. The van der Waals surface area contributed by atoms with E-state index in [0.717, 1.165) is 25.2 Å². The van der Waals surface area contributed by atoms with Gasteiger partial charge >= 0.3 is 6.09 Å². The van der Waals surface area contributed by atoms with Crippen molar-refractivity contribution in [3.05, 3.63) is 23.9 Å². The van der Waals surface area contributed by atoms with Gasteiger partial charge in [-0.25, -0.2) is 9.78 Å². The fourth-order valence-electron chi connectivity index (χ4n) is 4.37. The molecule has 1 amide bonds. The highest BCUT2D eigenvalue weighted by Gasteiger charge is 2.58. The van der Waals surface area contributed by atoms with Crippen molar-refractivity contribution in [3.63, 3.8) is 0 Å². The lowest BCUT2D eigenvalue weighted by molar-refractivity contribution is -0.0344. The Labute approximate surface area is 156 Å². The maximum absolute atomic E-state index is 12.0. The fourth-order valence-corrected chi connectivity index (χ4v) is 4.37. The second kappa shape index (κ2) is 6.79. The molecule has 2 N–H and O–H groups in total. The van der Waals surface area contributed by atoms with Crippen molar-refractivity contribution < 1.29 is 9.90 Å². The number of pyridine rings is 1. The summed E-state index contributed by atoms with van der Waals surface area (Å²) in [6.07, 6.45) is 2.47. The predicted molar refractivity (Wildman–Crippen MR) is 102 cm³/mol. The first-order chi connectivity index (χ1) is 11.9. The van der Waals surface area contributed by atoms with Gasteiger partial charge in [-0.2, -0.15) is 5.26 Å². The lowest BCUT2D eigenvalue weighted by atomic mass is 9.69. The minimum absolute atomic E-state index is 0.196. The molecule has 6 heteroatoms. The number of hydrogen-bond acceptors (Lipinski definition) is 4. The third kappa shape index (κ3) is 3.48. The van der Waals surface area contributed by atoms with E-state index in [4.69, 9.17) is 5.26 Å². The number of carbonyl (C=O) groups is 1. The molecule has 142 valence electrons. The molecular formula is C20H30N4O2. The average molecular weight is 358 g/mol. The van der Waals surface area contributed by atoms with Crippen LogP contribution < -0.4 is 5.32 Å². The molecule has 1 heterocycles. The van der Waals surface area contributed by atoms with Crippen LogP contribution in [0.2, 0.25) is 0 Å². The van der Waals surface area contributed by atoms with Crippen LogP contribution in [0.1, 0.15) is 59.9 Å². The van der Waals surface area contributed by atoms with Crippen LogP contribution in [0.15, 0.2) is 18.3 Å². The number of nitrogens with zero attached hydrogens (tertiary/aromatic N) is 3. The smallest absolute Gasteiger partial charge is 0.408 e. The van der Waals surface area contributed by atoms with Gasteiger partial charge in [-0.15, -0.1) is 0 Å². The van der Waals surface area contributed by atoms with E-state index < -0.39 is 17.2 Å². The van der Waals surface area contributed by atoms with Crippen LogP contribution in [0, 0.1) is 22.7 Å². The van der Waals surface area contributed by atoms with Crippen LogP contribution >= 0.6 is 0 Å². The van der Waals surface area contributed by atoms with Gasteiger partial charge in [0, 0.05) is 23.8 Å². The van der Waals surface area contributed by atoms with Gasteiger partial charge in [0.2, 0.25) is 0 Å². The molecule has 0 radical (unpaired) electrons. The number of anilines is 1. The zero-order valence-electron chi connectivity index (χ0n) is 16.6. The molecule has 1 aromatic rings. The van der Waals surface area contributed by atoms with E-state index in [2.05, 4.69) is 37.1 Å². The molecular weight excluding hydrogens is 328 g/mol. The van der Waals surface area contributed by atoms with Gasteiger partial charge in [0.25, 0.3) is 0 Å². The molecule has 1 aliphatic carbocycles. The minimum atomic E-state index is -0.865. The highest BCUT2D eigenvalue weighted by molar-refractivity contribution is 5.67. The Morgan fingerprint density at radius 3 is 2.54 bits per heavy atom. The minimum Gasteiger partial charge on any atom is -0.465 e. The van der Waals surface area contributed by atoms with Crippen molar-refractivity contribution in [1.29, 1.82) is 5.26 Å². The van der Waals surface area contributed by atoms with Gasteiger partial charge in [0.15, 0.2) is 0 Å². The SMILES string of the molecule is CC(C)(C)N(C(=O)O)C1(C)CC[C@H](CNc2ccc(C#N)cn2)C1(C)C. The lowest BCUT2D eigenvalue weighted by Gasteiger charge is -2.53. The Hall–Kier alpha value is -2.29. The van der Waals surface area contributed by atoms with Crippen molar-refractivity contribution >= 4 is 11.9 Å². The van der Waals surface area contributed by atoms with Crippen molar-refractivity contribution in [2.75, 3.05) is 11.9 Å². The maximum Gasteiger partial charge on any atom is 0.408 e. The summed E-state index contributed by atoms with van der Waals surface area (Å²) in [4.78, 5) is 17.9. The molecule has 0 spiro atoms. The number of rotatable bonds is 4. The summed E-state index contributed by atoms with van der Waals surface area (Å²) in [5.41, 5.74) is -0.569. The van der Waals surface area contributed by atoms with E-state index in [1.54, 1.807) is 23.2 Å². The monoisotopic (exact) mass is 358 g/mol. The lowest BCUT2D eigenvalue weighted by Crippen LogP contribution is -2.63. The Balaban J connectivity index is 2.18. The van der Waals surface area contributed by atoms with Gasteiger partial charge in [-0.3, -0.25) is 4.90 Å². The Morgan fingerprint density at radius 2 is 2.08 bits per heavy atom. The van der Waals surface area contributed by atoms with Crippen LogP contribution in [-0.2, 0) is 0 Å². The third-order valence-corrected chi connectivity index (χ3v) is 6.17. The molecule has 1 fully saturated rings. The number of hydrogen-bond donors (Lipinski definition) is 2. The van der Waals surface area contributed by atoms with Crippen LogP contribution in [0.3, 0.4) is 0 Å². The number of nitrogens with one attached hydrogen (secondary N) is 1. The summed E-state index contributed by atoms with van der Waals surface area (Å²) in [5.74, 6) is 1.05. The number of aromatic nitrogens is 1. The number of nitriles is 1. The average Bonchev–Trinajstić information content (AvgIpc) is 2.74. The molecule has 2 atom stereocenters. The summed E-state index contributed by atoms with van der Waals surface area (Å²) >= 11 is 0. The Morgan fingerprint density at radius 1 is 1.42 bits per heavy atom. The first-order valence-corrected chi connectivity index (χ1v) is 9.07. The molecule has 1 unspecified atom stereocenters. The van der Waals surface area contributed by atoms with E-state index in [9.17, 15) is 9.90 Å². The normalized spacial score (nSPS) is 24.7. The molecule has 1 saturated carbocycles. The number of amides is 1. The Kier molecular flexibility index (Phi) is 5.23. The molecule has 0 saturated heterocycles. The van der Waals surface area contributed by atoms with Crippen molar-refractivity contribution in [2.24, 2.45) is 11.3 Å². The largest absolute Gasteiger partial charge is 0.465 e.